The van der Waals surface area contributed by atoms with Crippen molar-refractivity contribution in [1.82, 2.24) is 0 Å². The van der Waals surface area contributed by atoms with Gasteiger partial charge in [0.2, 0.25) is 5.91 Å². The fraction of sp³-hybridized carbons (Fsp3) is 0.250. The Morgan fingerprint density at radius 3 is 2.62 bits per heavy atom. The first-order valence-electron chi connectivity index (χ1n) is 10.2. The summed E-state index contributed by atoms with van der Waals surface area (Å²) >= 11 is 1.62. The third-order valence-corrected chi connectivity index (χ3v) is 6.33. The molecule has 1 aromatic heterocycles. The second-order valence-electron chi connectivity index (χ2n) is 7.32. The van der Waals surface area contributed by atoms with Gasteiger partial charge in [-0.25, -0.2) is 0 Å². The van der Waals surface area contributed by atoms with E-state index in [1.54, 1.807) is 24.5 Å². The minimum atomic E-state index is -0.560. The van der Waals surface area contributed by atoms with Crippen LogP contribution in [0, 0.1) is 0 Å². The summed E-state index contributed by atoms with van der Waals surface area (Å²) in [4.78, 5) is 24.8. The Morgan fingerprint density at radius 1 is 1.16 bits per heavy atom. The van der Waals surface area contributed by atoms with Gasteiger partial charge in [-0.1, -0.05) is 18.2 Å². The zero-order valence-electron chi connectivity index (χ0n) is 17.8. The summed E-state index contributed by atoms with van der Waals surface area (Å²) in [6.45, 7) is 2.08. The molecule has 0 fully saturated rings. The number of fused-ring (bicyclic) bond motifs is 1. The Labute approximate surface area is 190 Å². The Kier molecular flexibility index (Phi) is 6.32. The molecule has 0 aliphatic carbocycles. The molecule has 2 heterocycles. The van der Waals surface area contributed by atoms with Crippen LogP contribution in [0.3, 0.4) is 0 Å². The van der Waals surface area contributed by atoms with Gasteiger partial charge in [-0.2, -0.15) is 0 Å². The summed E-state index contributed by atoms with van der Waals surface area (Å²) in [7, 11) is 1.63. The number of primary amides is 1. The number of rotatable bonds is 8. The van der Waals surface area contributed by atoms with Crippen molar-refractivity contribution in [2.75, 3.05) is 25.6 Å². The molecule has 0 bridgehead atoms. The Balaban J connectivity index is 1.70. The van der Waals surface area contributed by atoms with Crippen LogP contribution in [0.1, 0.15) is 29.7 Å². The zero-order chi connectivity index (χ0) is 22.7. The highest BCUT2D eigenvalue weighted by Gasteiger charge is 2.31. The molecule has 3 N–H and O–H groups in total. The molecule has 7 nitrogen and oxygen atoms in total. The van der Waals surface area contributed by atoms with Crippen molar-refractivity contribution in [3.8, 4) is 28.4 Å². The van der Waals surface area contributed by atoms with Crippen molar-refractivity contribution in [1.29, 1.82) is 0 Å². The van der Waals surface area contributed by atoms with E-state index in [0.717, 1.165) is 33.0 Å². The van der Waals surface area contributed by atoms with E-state index in [1.807, 2.05) is 43.3 Å². The van der Waals surface area contributed by atoms with E-state index in [9.17, 15) is 9.59 Å². The van der Waals surface area contributed by atoms with E-state index in [2.05, 4.69) is 10.7 Å². The molecule has 1 unspecified atom stereocenters. The highest BCUT2D eigenvalue weighted by Crippen LogP contribution is 2.47. The second kappa shape index (κ2) is 9.32. The third kappa shape index (κ3) is 4.40. The van der Waals surface area contributed by atoms with Crippen molar-refractivity contribution in [2.45, 2.75) is 19.3 Å². The largest absolute Gasteiger partial charge is 0.497 e. The molecule has 2 aromatic carbocycles. The maximum absolute atomic E-state index is 12.6. The smallest absolute Gasteiger partial charge is 0.255 e. The van der Waals surface area contributed by atoms with E-state index in [4.69, 9.17) is 19.9 Å². The molecule has 166 valence electrons. The zero-order valence-corrected chi connectivity index (χ0v) is 18.7. The molecule has 0 radical (unpaired) electrons. The predicted molar refractivity (Wildman–Crippen MR) is 124 cm³/mol. The molecule has 1 aliphatic rings. The summed E-state index contributed by atoms with van der Waals surface area (Å²) in [5, 5.41) is 5.12. The van der Waals surface area contributed by atoms with Gasteiger partial charge in [0.15, 0.2) is 18.1 Å². The number of amides is 2. The quantitative estimate of drug-likeness (QED) is 0.535. The van der Waals surface area contributed by atoms with E-state index in [-0.39, 0.29) is 18.4 Å². The van der Waals surface area contributed by atoms with E-state index >= 15 is 0 Å². The number of hydrogen-bond acceptors (Lipinski definition) is 6. The van der Waals surface area contributed by atoms with E-state index < -0.39 is 5.91 Å². The SMILES string of the molecule is CCOc1cc(C2CC(=O)Nc3c(-c4ccc(OC)cc4)csc32)ccc1OCC(N)=O. The minimum absolute atomic E-state index is 0.0392. The monoisotopic (exact) mass is 452 g/mol. The van der Waals surface area contributed by atoms with Crippen LogP contribution in [0.4, 0.5) is 5.69 Å². The molecular weight excluding hydrogens is 428 g/mol. The van der Waals surface area contributed by atoms with E-state index in [1.165, 1.54) is 0 Å². The van der Waals surface area contributed by atoms with Crippen LogP contribution >= 0.6 is 11.3 Å². The van der Waals surface area contributed by atoms with Crippen LogP contribution in [0.15, 0.2) is 47.8 Å². The Bertz CT molecular complexity index is 1140. The van der Waals surface area contributed by atoms with Crippen LogP contribution in [0.2, 0.25) is 0 Å². The summed E-state index contributed by atoms with van der Waals surface area (Å²) in [6, 6.07) is 13.3. The van der Waals surface area contributed by atoms with Crippen molar-refractivity contribution in [3.05, 3.63) is 58.3 Å². The lowest BCUT2D eigenvalue weighted by Crippen LogP contribution is -2.22. The van der Waals surface area contributed by atoms with Gasteiger partial charge in [0.25, 0.3) is 5.91 Å². The molecule has 0 spiro atoms. The summed E-state index contributed by atoms with van der Waals surface area (Å²) in [5.74, 6) is 1.03. The van der Waals surface area contributed by atoms with Gasteiger partial charge < -0.3 is 25.3 Å². The first-order valence-corrected chi connectivity index (χ1v) is 11.1. The van der Waals surface area contributed by atoms with Crippen molar-refractivity contribution in [2.24, 2.45) is 5.73 Å². The van der Waals surface area contributed by atoms with Crippen molar-refractivity contribution in [3.63, 3.8) is 0 Å². The molecule has 2 amide bonds. The molecular formula is C24H24N2O5S. The van der Waals surface area contributed by atoms with Crippen LogP contribution in [0.25, 0.3) is 11.1 Å². The normalized spacial score (nSPS) is 14.9. The number of carbonyl (C=O) groups excluding carboxylic acids is 2. The lowest BCUT2D eigenvalue weighted by molar-refractivity contribution is -0.120. The van der Waals surface area contributed by atoms with Crippen LogP contribution in [-0.2, 0) is 9.59 Å². The summed E-state index contributed by atoms with van der Waals surface area (Å²) < 4.78 is 16.5. The van der Waals surface area contributed by atoms with Gasteiger partial charge in [-0.05, 0) is 42.3 Å². The number of nitrogens with two attached hydrogens (primary N) is 1. The van der Waals surface area contributed by atoms with Crippen molar-refractivity contribution < 1.29 is 23.8 Å². The standard InChI is InChI=1S/C24H24N2O5S/c1-3-30-20-10-15(6-9-19(20)31-12-21(25)27)17-11-22(28)26-23-18(13-32-24(17)23)14-4-7-16(29-2)8-5-14/h4-10,13,17H,3,11-12H2,1-2H3,(H2,25,27)(H,26,28). The number of benzene rings is 2. The number of ether oxygens (including phenoxy) is 3. The maximum atomic E-state index is 12.6. The van der Waals surface area contributed by atoms with Gasteiger partial charge in [0.1, 0.15) is 5.75 Å². The highest BCUT2D eigenvalue weighted by atomic mass is 32.1. The Hall–Kier alpha value is -3.52. The lowest BCUT2D eigenvalue weighted by atomic mass is 9.89. The second-order valence-corrected chi connectivity index (χ2v) is 8.23. The fourth-order valence-corrected chi connectivity index (χ4v) is 4.92. The summed E-state index contributed by atoms with van der Waals surface area (Å²) in [6.07, 6.45) is 0.336. The average molecular weight is 453 g/mol. The third-order valence-electron chi connectivity index (χ3n) is 5.23. The fourth-order valence-electron chi connectivity index (χ4n) is 3.76. The summed E-state index contributed by atoms with van der Waals surface area (Å²) in [5.41, 5.74) is 8.97. The number of anilines is 1. The molecule has 1 aliphatic heterocycles. The first-order chi connectivity index (χ1) is 15.5. The topological polar surface area (TPSA) is 99.9 Å². The number of nitrogens with one attached hydrogen (secondary N) is 1. The first kappa shape index (κ1) is 21.7. The molecule has 0 saturated heterocycles. The lowest BCUT2D eigenvalue weighted by Gasteiger charge is -2.25. The van der Waals surface area contributed by atoms with Gasteiger partial charge in [0.05, 0.1) is 19.4 Å². The van der Waals surface area contributed by atoms with Crippen molar-refractivity contribution >= 4 is 28.8 Å². The van der Waals surface area contributed by atoms with Gasteiger partial charge in [0, 0.05) is 28.2 Å². The minimum Gasteiger partial charge on any atom is -0.497 e. The van der Waals surface area contributed by atoms with Crippen LogP contribution in [-0.4, -0.2) is 32.1 Å². The number of carbonyl (C=O) groups is 2. The molecule has 3 aromatic rings. The van der Waals surface area contributed by atoms with Gasteiger partial charge in [-0.15, -0.1) is 11.3 Å². The van der Waals surface area contributed by atoms with Crippen LogP contribution < -0.4 is 25.3 Å². The maximum Gasteiger partial charge on any atom is 0.255 e. The number of methoxy groups -OCH3 is 1. The Morgan fingerprint density at radius 2 is 1.94 bits per heavy atom. The molecule has 4 rings (SSSR count). The van der Waals surface area contributed by atoms with Gasteiger partial charge in [-0.3, -0.25) is 9.59 Å². The van der Waals surface area contributed by atoms with Gasteiger partial charge >= 0.3 is 0 Å². The predicted octanol–water partition coefficient (Wildman–Crippen LogP) is 4.16. The molecule has 8 heteroatoms. The molecule has 0 saturated carbocycles. The average Bonchev–Trinajstić information content (AvgIpc) is 3.21. The molecule has 32 heavy (non-hydrogen) atoms. The van der Waals surface area contributed by atoms with E-state index in [0.29, 0.717) is 24.5 Å². The number of thiophene rings is 1. The molecule has 1 atom stereocenters. The van der Waals surface area contributed by atoms with Crippen LogP contribution in [0.5, 0.6) is 17.2 Å². The highest BCUT2D eigenvalue weighted by molar-refractivity contribution is 7.11. The number of hydrogen-bond donors (Lipinski definition) is 2.